The Balaban J connectivity index is 2.85. The highest BCUT2D eigenvalue weighted by Crippen LogP contribution is 2.19. The molecule has 2 amide bonds. The molecule has 0 aliphatic rings. The van der Waals surface area contributed by atoms with Crippen molar-refractivity contribution in [1.29, 1.82) is 0 Å². The monoisotopic (exact) mass is 329 g/mol. The number of amides is 2. The predicted octanol–water partition coefficient (Wildman–Crippen LogP) is 0.826. The van der Waals surface area contributed by atoms with E-state index in [1.165, 1.54) is 19.1 Å². The van der Waals surface area contributed by atoms with E-state index >= 15 is 0 Å². The maximum absolute atomic E-state index is 13.5. The third kappa shape index (κ3) is 5.62. The second-order valence-corrected chi connectivity index (χ2v) is 6.27. The zero-order valence-electron chi connectivity index (χ0n) is 12.0. The van der Waals surface area contributed by atoms with Crippen molar-refractivity contribution in [3.05, 3.63) is 36.7 Å². The molecule has 3 N–H and O–H groups in total. The number of carbonyl (C=O) groups excluding carboxylic acids is 2. The summed E-state index contributed by atoms with van der Waals surface area (Å²) in [6, 6.07) is 2.54. The van der Waals surface area contributed by atoms with Crippen LogP contribution in [-0.2, 0) is 19.6 Å². The third-order valence-corrected chi connectivity index (χ3v) is 3.24. The first-order chi connectivity index (χ1) is 10.1. The van der Waals surface area contributed by atoms with Crippen LogP contribution in [0.2, 0.25) is 0 Å². The fourth-order valence-corrected chi connectivity index (χ4v) is 2.26. The minimum atomic E-state index is -3.53. The van der Waals surface area contributed by atoms with E-state index in [0.29, 0.717) is 0 Å². The Morgan fingerprint density at radius 1 is 1.32 bits per heavy atom. The van der Waals surface area contributed by atoms with Crippen LogP contribution in [0.3, 0.4) is 0 Å². The molecule has 0 bridgehead atoms. The smallest absolute Gasteiger partial charge is 0.247 e. The van der Waals surface area contributed by atoms with Gasteiger partial charge in [0.25, 0.3) is 0 Å². The molecule has 0 aliphatic carbocycles. The van der Waals surface area contributed by atoms with E-state index in [1.807, 2.05) is 0 Å². The van der Waals surface area contributed by atoms with Crippen molar-refractivity contribution in [2.24, 2.45) is 0 Å². The van der Waals surface area contributed by atoms with Gasteiger partial charge in [0.05, 0.1) is 18.0 Å². The van der Waals surface area contributed by atoms with Gasteiger partial charge < -0.3 is 10.6 Å². The van der Waals surface area contributed by atoms with Gasteiger partial charge in [-0.2, -0.15) is 0 Å². The lowest BCUT2D eigenvalue weighted by atomic mass is 10.2. The Morgan fingerprint density at radius 2 is 1.95 bits per heavy atom. The molecule has 0 heterocycles. The molecular weight excluding hydrogens is 313 g/mol. The van der Waals surface area contributed by atoms with Crippen LogP contribution in [-0.4, -0.2) is 32.5 Å². The van der Waals surface area contributed by atoms with Crippen LogP contribution in [0.4, 0.5) is 15.8 Å². The summed E-state index contributed by atoms with van der Waals surface area (Å²) in [5.74, 6) is -1.91. The minimum absolute atomic E-state index is 0.133. The molecule has 22 heavy (non-hydrogen) atoms. The number of sulfonamides is 1. The number of halogens is 1. The van der Waals surface area contributed by atoms with Crippen molar-refractivity contribution in [1.82, 2.24) is 4.72 Å². The van der Waals surface area contributed by atoms with Crippen LogP contribution in [0.1, 0.15) is 6.92 Å². The van der Waals surface area contributed by atoms with E-state index < -0.39 is 33.7 Å². The molecule has 1 aromatic carbocycles. The summed E-state index contributed by atoms with van der Waals surface area (Å²) in [6.45, 7) is 4.61. The Bertz CT molecular complexity index is 703. The lowest BCUT2D eigenvalue weighted by molar-refractivity contribution is -0.117. The van der Waals surface area contributed by atoms with Crippen LogP contribution in [0, 0.1) is 5.82 Å². The molecule has 0 saturated carbocycles. The number of carbonyl (C=O) groups is 2. The summed E-state index contributed by atoms with van der Waals surface area (Å²) in [4.78, 5) is 23.0. The van der Waals surface area contributed by atoms with Crippen LogP contribution >= 0.6 is 0 Å². The van der Waals surface area contributed by atoms with Gasteiger partial charge in [0, 0.05) is 5.69 Å². The van der Waals surface area contributed by atoms with E-state index in [4.69, 9.17) is 0 Å². The maximum atomic E-state index is 13.5. The summed E-state index contributed by atoms with van der Waals surface area (Å²) in [7, 11) is -3.53. The van der Waals surface area contributed by atoms with Crippen molar-refractivity contribution >= 4 is 33.2 Å². The zero-order valence-corrected chi connectivity index (χ0v) is 12.8. The molecule has 0 fully saturated rings. The minimum Gasteiger partial charge on any atom is -0.325 e. The Labute approximate surface area is 127 Å². The van der Waals surface area contributed by atoms with E-state index in [0.717, 1.165) is 18.4 Å². The topological polar surface area (TPSA) is 104 Å². The molecule has 9 heteroatoms. The molecule has 0 spiro atoms. The van der Waals surface area contributed by atoms with Crippen molar-refractivity contribution in [3.63, 3.8) is 0 Å². The number of benzene rings is 1. The van der Waals surface area contributed by atoms with Crippen molar-refractivity contribution in [3.8, 4) is 0 Å². The number of rotatable bonds is 6. The van der Waals surface area contributed by atoms with E-state index in [2.05, 4.69) is 21.9 Å². The molecule has 1 aromatic rings. The van der Waals surface area contributed by atoms with Crippen molar-refractivity contribution in [2.75, 3.05) is 16.9 Å². The summed E-state index contributed by atoms with van der Waals surface area (Å²) in [6.07, 6.45) is 1.90. The molecular formula is C13H16FN3O4S. The summed E-state index contributed by atoms with van der Waals surface area (Å²) < 4.78 is 37.7. The van der Waals surface area contributed by atoms with Gasteiger partial charge in [-0.15, -0.1) is 0 Å². The largest absolute Gasteiger partial charge is 0.325 e. The first-order valence-corrected chi connectivity index (χ1v) is 8.02. The quantitative estimate of drug-likeness (QED) is 0.672. The number of anilines is 2. The fourth-order valence-electron chi connectivity index (χ4n) is 1.51. The zero-order chi connectivity index (χ0) is 16.9. The van der Waals surface area contributed by atoms with Gasteiger partial charge in [-0.3, -0.25) is 9.59 Å². The molecule has 0 saturated heterocycles. The first-order valence-electron chi connectivity index (χ1n) is 6.13. The van der Waals surface area contributed by atoms with E-state index in [1.54, 1.807) is 0 Å². The Kier molecular flexibility index (Phi) is 5.77. The summed E-state index contributed by atoms with van der Waals surface area (Å²) in [5, 5.41) is 4.66. The molecule has 0 aromatic heterocycles. The highest BCUT2D eigenvalue weighted by atomic mass is 32.2. The number of hydrogen-bond donors (Lipinski definition) is 3. The molecule has 0 aliphatic heterocycles. The van der Waals surface area contributed by atoms with Crippen LogP contribution < -0.4 is 15.4 Å². The lowest BCUT2D eigenvalue weighted by Crippen LogP contribution is -2.41. The van der Waals surface area contributed by atoms with Crippen LogP contribution in [0.25, 0.3) is 0 Å². The highest BCUT2D eigenvalue weighted by Gasteiger charge is 2.17. The number of hydrogen-bond acceptors (Lipinski definition) is 4. The standard InChI is InChI=1S/C13H16FN3O4S/c1-4-12(18)16-11-7-9(5-6-10(11)14)15-13(19)8(2)17-22(3,20)21/h4-8,17H,1H2,2-3H3,(H,15,19)(H,16,18). The van der Waals surface area contributed by atoms with E-state index in [-0.39, 0.29) is 11.4 Å². The van der Waals surface area contributed by atoms with Gasteiger partial charge in [-0.25, -0.2) is 17.5 Å². The van der Waals surface area contributed by atoms with Crippen molar-refractivity contribution in [2.45, 2.75) is 13.0 Å². The molecule has 1 atom stereocenters. The van der Waals surface area contributed by atoms with Gasteiger partial charge in [0.15, 0.2) is 0 Å². The maximum Gasteiger partial charge on any atom is 0.247 e. The van der Waals surface area contributed by atoms with Gasteiger partial charge in [-0.05, 0) is 31.2 Å². The molecule has 1 rings (SSSR count). The fraction of sp³-hybridized carbons (Fsp3) is 0.231. The first kappa shape index (κ1) is 17.8. The van der Waals surface area contributed by atoms with Gasteiger partial charge in [0.2, 0.25) is 21.8 Å². The van der Waals surface area contributed by atoms with Gasteiger partial charge >= 0.3 is 0 Å². The molecule has 0 radical (unpaired) electrons. The second kappa shape index (κ2) is 7.14. The normalized spacial score (nSPS) is 12.3. The Morgan fingerprint density at radius 3 is 2.50 bits per heavy atom. The summed E-state index contributed by atoms with van der Waals surface area (Å²) in [5.41, 5.74) is 0.0688. The van der Waals surface area contributed by atoms with Gasteiger partial charge in [-0.1, -0.05) is 6.58 Å². The average molecular weight is 329 g/mol. The Hall–Kier alpha value is -2.26. The lowest BCUT2D eigenvalue weighted by Gasteiger charge is -2.13. The highest BCUT2D eigenvalue weighted by molar-refractivity contribution is 7.88. The second-order valence-electron chi connectivity index (χ2n) is 4.49. The summed E-state index contributed by atoms with van der Waals surface area (Å²) >= 11 is 0. The van der Waals surface area contributed by atoms with Crippen LogP contribution in [0.15, 0.2) is 30.9 Å². The van der Waals surface area contributed by atoms with Crippen LogP contribution in [0.5, 0.6) is 0 Å². The van der Waals surface area contributed by atoms with Crippen molar-refractivity contribution < 1.29 is 22.4 Å². The molecule has 1 unspecified atom stereocenters. The average Bonchev–Trinajstić information content (AvgIpc) is 2.40. The van der Waals surface area contributed by atoms with Gasteiger partial charge in [0.1, 0.15) is 5.82 Å². The van der Waals surface area contributed by atoms with E-state index in [9.17, 15) is 22.4 Å². The number of nitrogens with one attached hydrogen (secondary N) is 3. The SMILES string of the molecule is C=CC(=O)Nc1cc(NC(=O)C(C)NS(C)(=O)=O)ccc1F. The third-order valence-electron chi connectivity index (χ3n) is 2.46. The molecule has 7 nitrogen and oxygen atoms in total. The molecule has 120 valence electrons. The predicted molar refractivity (Wildman–Crippen MR) is 81.3 cm³/mol.